The fourth-order valence-corrected chi connectivity index (χ4v) is 4.99. The fourth-order valence-electron chi connectivity index (χ4n) is 4.99. The molecule has 3 fully saturated rings. The second-order valence-electron chi connectivity index (χ2n) is 6.78. The van der Waals surface area contributed by atoms with Crippen molar-refractivity contribution in [1.29, 1.82) is 0 Å². The SMILES string of the molecule is CC(=O)OC1C(OC(=O)n2ccnc2)CC2C3CCC(C3)C21. The van der Waals surface area contributed by atoms with Gasteiger partial charge in [0.05, 0.1) is 0 Å². The molecule has 6 nitrogen and oxygen atoms in total. The molecule has 1 aromatic heterocycles. The number of carbonyl (C=O) groups is 2. The van der Waals surface area contributed by atoms with E-state index in [1.54, 1.807) is 6.20 Å². The fraction of sp³-hybridized carbons (Fsp3) is 0.688. The highest BCUT2D eigenvalue weighted by Crippen LogP contribution is 2.59. The molecule has 22 heavy (non-hydrogen) atoms. The Kier molecular flexibility index (Phi) is 3.20. The molecule has 3 aliphatic carbocycles. The number of imidazole rings is 1. The van der Waals surface area contributed by atoms with Crippen LogP contribution in [0, 0.1) is 23.7 Å². The molecule has 0 spiro atoms. The summed E-state index contributed by atoms with van der Waals surface area (Å²) in [6.07, 6.45) is 7.97. The lowest BCUT2D eigenvalue weighted by Crippen LogP contribution is -2.37. The van der Waals surface area contributed by atoms with Crippen molar-refractivity contribution in [1.82, 2.24) is 9.55 Å². The van der Waals surface area contributed by atoms with Gasteiger partial charge in [-0.05, 0) is 43.4 Å². The van der Waals surface area contributed by atoms with Crippen molar-refractivity contribution >= 4 is 12.1 Å². The molecule has 2 bridgehead atoms. The number of rotatable bonds is 2. The van der Waals surface area contributed by atoms with Gasteiger partial charge in [0.2, 0.25) is 0 Å². The van der Waals surface area contributed by atoms with Gasteiger partial charge < -0.3 is 9.47 Å². The van der Waals surface area contributed by atoms with Crippen LogP contribution in [0.4, 0.5) is 4.79 Å². The third kappa shape index (κ3) is 2.12. The Bertz CT molecular complexity index is 585. The molecule has 0 aliphatic heterocycles. The van der Waals surface area contributed by atoms with E-state index in [-0.39, 0.29) is 18.2 Å². The summed E-state index contributed by atoms with van der Waals surface area (Å²) >= 11 is 0. The number of nitrogens with zero attached hydrogens (tertiary/aromatic N) is 2. The van der Waals surface area contributed by atoms with Crippen LogP contribution in [0.15, 0.2) is 18.7 Å². The van der Waals surface area contributed by atoms with Crippen LogP contribution in [0.2, 0.25) is 0 Å². The summed E-state index contributed by atoms with van der Waals surface area (Å²) < 4.78 is 12.5. The minimum absolute atomic E-state index is 0.287. The Labute approximate surface area is 128 Å². The van der Waals surface area contributed by atoms with Gasteiger partial charge in [-0.3, -0.25) is 4.79 Å². The summed E-state index contributed by atoms with van der Waals surface area (Å²) in [5.74, 6) is 1.94. The first kappa shape index (κ1) is 13.8. The quantitative estimate of drug-likeness (QED) is 0.784. The van der Waals surface area contributed by atoms with Crippen molar-refractivity contribution in [2.75, 3.05) is 0 Å². The Morgan fingerprint density at radius 3 is 2.73 bits per heavy atom. The van der Waals surface area contributed by atoms with Crippen LogP contribution in [-0.4, -0.2) is 33.8 Å². The van der Waals surface area contributed by atoms with Gasteiger partial charge in [-0.15, -0.1) is 0 Å². The minimum atomic E-state index is -0.452. The minimum Gasteiger partial charge on any atom is -0.458 e. The number of hydrogen-bond acceptors (Lipinski definition) is 5. The van der Waals surface area contributed by atoms with Gasteiger partial charge >= 0.3 is 12.1 Å². The van der Waals surface area contributed by atoms with Crippen molar-refractivity contribution in [3.05, 3.63) is 18.7 Å². The van der Waals surface area contributed by atoms with E-state index >= 15 is 0 Å². The first-order chi connectivity index (χ1) is 10.6. The zero-order valence-corrected chi connectivity index (χ0v) is 12.6. The molecular weight excluding hydrogens is 284 g/mol. The van der Waals surface area contributed by atoms with E-state index in [0.29, 0.717) is 23.7 Å². The molecule has 1 aromatic rings. The average molecular weight is 304 g/mol. The summed E-state index contributed by atoms with van der Waals surface area (Å²) in [5.41, 5.74) is 0. The third-order valence-electron chi connectivity index (χ3n) is 5.68. The second kappa shape index (κ2) is 5.11. The van der Waals surface area contributed by atoms with E-state index < -0.39 is 6.09 Å². The van der Waals surface area contributed by atoms with Gasteiger partial charge in [0, 0.05) is 25.2 Å². The van der Waals surface area contributed by atoms with Crippen LogP contribution in [-0.2, 0) is 14.3 Å². The predicted octanol–water partition coefficient (Wildman–Crippen LogP) is 2.23. The number of esters is 1. The maximum atomic E-state index is 12.2. The van der Waals surface area contributed by atoms with Crippen LogP contribution in [0.5, 0.6) is 0 Å². The largest absolute Gasteiger partial charge is 0.458 e. The van der Waals surface area contributed by atoms with Crippen LogP contribution in [0.1, 0.15) is 32.6 Å². The topological polar surface area (TPSA) is 70.4 Å². The molecule has 3 aliphatic rings. The Hall–Kier alpha value is -1.85. The lowest BCUT2D eigenvalue weighted by molar-refractivity contribution is -0.154. The Morgan fingerprint density at radius 1 is 1.18 bits per heavy atom. The lowest BCUT2D eigenvalue weighted by atomic mass is 9.81. The maximum Gasteiger partial charge on any atom is 0.419 e. The van der Waals surface area contributed by atoms with Gasteiger partial charge in [0.15, 0.2) is 0 Å². The van der Waals surface area contributed by atoms with Crippen LogP contribution >= 0.6 is 0 Å². The first-order valence-corrected chi connectivity index (χ1v) is 7.99. The molecule has 0 saturated heterocycles. The molecule has 3 saturated carbocycles. The highest BCUT2D eigenvalue weighted by atomic mass is 16.6. The summed E-state index contributed by atoms with van der Waals surface area (Å²) in [6, 6.07) is 0. The number of fused-ring (bicyclic) bond motifs is 5. The Balaban J connectivity index is 1.53. The molecule has 4 rings (SSSR count). The van der Waals surface area contributed by atoms with Gasteiger partial charge in [-0.2, -0.15) is 0 Å². The highest BCUT2D eigenvalue weighted by molar-refractivity contribution is 5.70. The van der Waals surface area contributed by atoms with E-state index in [9.17, 15) is 9.59 Å². The van der Waals surface area contributed by atoms with E-state index in [2.05, 4.69) is 4.98 Å². The number of carbonyl (C=O) groups excluding carboxylic acids is 2. The van der Waals surface area contributed by atoms with Gasteiger partial charge in [0.1, 0.15) is 18.5 Å². The average Bonchev–Trinajstić information content (AvgIpc) is 3.20. The molecule has 1 heterocycles. The summed E-state index contributed by atoms with van der Waals surface area (Å²) in [6.45, 7) is 1.43. The lowest BCUT2D eigenvalue weighted by Gasteiger charge is -2.29. The van der Waals surface area contributed by atoms with Crippen molar-refractivity contribution in [3.8, 4) is 0 Å². The molecule has 118 valence electrons. The maximum absolute atomic E-state index is 12.2. The van der Waals surface area contributed by atoms with Crippen molar-refractivity contribution in [2.45, 2.75) is 44.8 Å². The molecule has 0 aromatic carbocycles. The number of aromatic nitrogens is 2. The van der Waals surface area contributed by atoms with Gasteiger partial charge in [-0.25, -0.2) is 14.3 Å². The van der Waals surface area contributed by atoms with E-state index in [1.807, 2.05) is 0 Å². The van der Waals surface area contributed by atoms with Crippen molar-refractivity contribution < 1.29 is 19.1 Å². The standard InChI is InChI=1S/C16H20N2O4/c1-9(19)21-15-13(22-16(20)18-5-4-17-8-18)7-12-10-2-3-11(6-10)14(12)15/h4-5,8,10-15H,2-3,6-7H2,1H3. The zero-order valence-electron chi connectivity index (χ0n) is 12.6. The summed E-state index contributed by atoms with van der Waals surface area (Å²) in [7, 11) is 0. The monoisotopic (exact) mass is 304 g/mol. The van der Waals surface area contributed by atoms with Gasteiger partial charge in [0.25, 0.3) is 0 Å². The number of ether oxygens (including phenoxy) is 2. The highest BCUT2D eigenvalue weighted by Gasteiger charge is 2.59. The molecule has 0 radical (unpaired) electrons. The normalized spacial score (nSPS) is 38.8. The smallest absolute Gasteiger partial charge is 0.419 e. The third-order valence-corrected chi connectivity index (χ3v) is 5.68. The summed E-state index contributed by atoms with van der Waals surface area (Å²) in [5, 5.41) is 0. The predicted molar refractivity (Wildman–Crippen MR) is 75.9 cm³/mol. The van der Waals surface area contributed by atoms with E-state index in [4.69, 9.17) is 9.47 Å². The summed E-state index contributed by atoms with van der Waals surface area (Å²) in [4.78, 5) is 27.5. The molecule has 6 atom stereocenters. The Morgan fingerprint density at radius 2 is 2.00 bits per heavy atom. The molecule has 6 unspecified atom stereocenters. The van der Waals surface area contributed by atoms with Gasteiger partial charge in [-0.1, -0.05) is 0 Å². The number of hydrogen-bond donors (Lipinski definition) is 0. The van der Waals surface area contributed by atoms with E-state index in [0.717, 1.165) is 6.42 Å². The first-order valence-electron chi connectivity index (χ1n) is 7.99. The van der Waals surface area contributed by atoms with Crippen LogP contribution in [0.25, 0.3) is 0 Å². The van der Waals surface area contributed by atoms with Crippen LogP contribution < -0.4 is 0 Å². The second-order valence-corrected chi connectivity index (χ2v) is 6.78. The molecular formula is C16H20N2O4. The molecule has 0 N–H and O–H groups in total. The van der Waals surface area contributed by atoms with Crippen molar-refractivity contribution in [2.24, 2.45) is 23.7 Å². The van der Waals surface area contributed by atoms with Crippen LogP contribution in [0.3, 0.4) is 0 Å². The van der Waals surface area contributed by atoms with E-state index in [1.165, 1.54) is 43.3 Å². The molecule has 0 amide bonds. The van der Waals surface area contributed by atoms with Crippen molar-refractivity contribution in [3.63, 3.8) is 0 Å². The molecule has 6 heteroatoms. The zero-order chi connectivity index (χ0) is 15.3.